The van der Waals surface area contributed by atoms with Crippen LogP contribution >= 0.6 is 0 Å². The molecule has 0 aliphatic carbocycles. The highest BCUT2D eigenvalue weighted by molar-refractivity contribution is 5.24. The summed E-state index contributed by atoms with van der Waals surface area (Å²) in [6, 6.07) is 5.07. The highest BCUT2D eigenvalue weighted by Gasteiger charge is 2.06. The van der Waals surface area contributed by atoms with Crippen molar-refractivity contribution in [3.05, 3.63) is 35.1 Å². The third kappa shape index (κ3) is 4.42. The van der Waals surface area contributed by atoms with Crippen molar-refractivity contribution in [3.63, 3.8) is 0 Å². The highest BCUT2D eigenvalue weighted by Crippen LogP contribution is 2.12. The topological polar surface area (TPSA) is 49.5 Å². The van der Waals surface area contributed by atoms with E-state index in [2.05, 4.69) is 11.8 Å². The van der Waals surface area contributed by atoms with Crippen molar-refractivity contribution in [3.8, 4) is 0 Å². The Labute approximate surface area is 102 Å². The Kier molecular flexibility index (Phi) is 6.11. The number of aliphatic hydroxyl groups excluding tert-OH is 1. The third-order valence-electron chi connectivity index (χ3n) is 2.82. The van der Waals surface area contributed by atoms with Crippen LogP contribution < -0.4 is 5.73 Å². The van der Waals surface area contributed by atoms with Crippen LogP contribution in [0.15, 0.2) is 18.2 Å². The van der Waals surface area contributed by atoms with Gasteiger partial charge in [-0.2, -0.15) is 0 Å². The molecule has 0 amide bonds. The molecule has 3 N–H and O–H groups in total. The fourth-order valence-corrected chi connectivity index (χ4v) is 1.78. The molecule has 17 heavy (non-hydrogen) atoms. The standard InChI is InChI=1S/C13H21FN2O/c1-2-16(6-3-7-17)10-11-4-5-13(14)12(8-11)9-15/h4-5,8,17H,2-3,6-7,9-10,15H2,1H3. The van der Waals surface area contributed by atoms with E-state index in [4.69, 9.17) is 10.8 Å². The van der Waals surface area contributed by atoms with Crippen LogP contribution in [0, 0.1) is 5.82 Å². The maximum Gasteiger partial charge on any atom is 0.127 e. The molecule has 0 aliphatic heterocycles. The van der Waals surface area contributed by atoms with Gasteiger partial charge in [-0.05, 0) is 24.6 Å². The fourth-order valence-electron chi connectivity index (χ4n) is 1.78. The molecule has 0 aromatic heterocycles. The molecule has 1 aromatic carbocycles. The lowest BCUT2D eigenvalue weighted by Gasteiger charge is -2.20. The highest BCUT2D eigenvalue weighted by atomic mass is 19.1. The first-order valence-electron chi connectivity index (χ1n) is 6.01. The molecule has 0 bridgehead atoms. The van der Waals surface area contributed by atoms with Crippen LogP contribution in [0.4, 0.5) is 4.39 Å². The summed E-state index contributed by atoms with van der Waals surface area (Å²) < 4.78 is 13.3. The fraction of sp³-hybridized carbons (Fsp3) is 0.538. The van der Waals surface area contributed by atoms with E-state index >= 15 is 0 Å². The summed E-state index contributed by atoms with van der Waals surface area (Å²) in [5.74, 6) is -0.241. The Bertz CT molecular complexity index is 344. The van der Waals surface area contributed by atoms with Crippen LogP contribution in [-0.4, -0.2) is 29.7 Å². The normalized spacial score (nSPS) is 11.1. The number of benzene rings is 1. The average Bonchev–Trinajstić information content (AvgIpc) is 2.36. The number of nitrogens with two attached hydrogens (primary N) is 1. The van der Waals surface area contributed by atoms with Crippen LogP contribution in [0.25, 0.3) is 0 Å². The first kappa shape index (κ1) is 14.1. The van der Waals surface area contributed by atoms with E-state index in [0.29, 0.717) is 5.56 Å². The minimum absolute atomic E-state index is 0.202. The molecule has 3 nitrogen and oxygen atoms in total. The Hall–Kier alpha value is -0.970. The van der Waals surface area contributed by atoms with Gasteiger partial charge >= 0.3 is 0 Å². The summed E-state index contributed by atoms with van der Waals surface area (Å²) in [5, 5.41) is 8.80. The van der Waals surface area contributed by atoms with Crippen molar-refractivity contribution in [2.24, 2.45) is 5.73 Å². The van der Waals surface area contributed by atoms with Crippen molar-refractivity contribution in [1.82, 2.24) is 4.90 Å². The Balaban J connectivity index is 2.65. The molecular weight excluding hydrogens is 219 g/mol. The maximum atomic E-state index is 13.3. The van der Waals surface area contributed by atoms with Gasteiger partial charge in [-0.1, -0.05) is 19.1 Å². The van der Waals surface area contributed by atoms with Gasteiger partial charge in [-0.3, -0.25) is 4.90 Å². The largest absolute Gasteiger partial charge is 0.396 e. The van der Waals surface area contributed by atoms with Crippen molar-refractivity contribution in [1.29, 1.82) is 0 Å². The first-order valence-corrected chi connectivity index (χ1v) is 6.01. The van der Waals surface area contributed by atoms with Gasteiger partial charge in [-0.15, -0.1) is 0 Å². The predicted octanol–water partition coefficient (Wildman–Crippen LogP) is 1.49. The van der Waals surface area contributed by atoms with Gasteiger partial charge in [0.2, 0.25) is 0 Å². The van der Waals surface area contributed by atoms with Gasteiger partial charge in [0, 0.05) is 31.8 Å². The molecule has 4 heteroatoms. The Morgan fingerprint density at radius 2 is 2.18 bits per heavy atom. The number of hydrogen-bond donors (Lipinski definition) is 2. The third-order valence-corrected chi connectivity index (χ3v) is 2.82. The van der Waals surface area contributed by atoms with Crippen LogP contribution in [0.2, 0.25) is 0 Å². The smallest absolute Gasteiger partial charge is 0.127 e. The molecule has 1 rings (SSSR count). The second kappa shape index (κ2) is 7.37. The average molecular weight is 240 g/mol. The zero-order chi connectivity index (χ0) is 12.7. The van der Waals surface area contributed by atoms with E-state index < -0.39 is 0 Å². The first-order chi connectivity index (χ1) is 8.21. The molecule has 0 spiro atoms. The summed E-state index contributed by atoms with van der Waals surface area (Å²) in [6.07, 6.45) is 0.763. The molecule has 0 atom stereocenters. The van der Waals surface area contributed by atoms with Crippen LogP contribution in [0.3, 0.4) is 0 Å². The number of hydrogen-bond acceptors (Lipinski definition) is 3. The summed E-state index contributed by atoms with van der Waals surface area (Å²) in [4.78, 5) is 2.21. The van der Waals surface area contributed by atoms with E-state index in [-0.39, 0.29) is 19.0 Å². The SMILES string of the molecule is CCN(CCCO)Cc1ccc(F)c(CN)c1. The summed E-state index contributed by atoms with van der Waals surface area (Å²) in [6.45, 7) is 5.03. The lowest BCUT2D eigenvalue weighted by molar-refractivity contribution is 0.225. The quantitative estimate of drug-likeness (QED) is 0.759. The molecule has 0 fully saturated rings. The Morgan fingerprint density at radius 1 is 1.41 bits per heavy atom. The maximum absolute atomic E-state index is 13.3. The van der Waals surface area contributed by atoms with Crippen molar-refractivity contribution >= 4 is 0 Å². The van der Waals surface area contributed by atoms with Gasteiger partial charge in [-0.25, -0.2) is 4.39 Å². The minimum atomic E-state index is -0.241. The van der Waals surface area contributed by atoms with E-state index in [1.54, 1.807) is 6.07 Å². The molecule has 96 valence electrons. The monoisotopic (exact) mass is 240 g/mol. The number of aliphatic hydroxyl groups is 1. The van der Waals surface area contributed by atoms with Gasteiger partial charge in [0.05, 0.1) is 0 Å². The second-order valence-electron chi connectivity index (χ2n) is 4.08. The predicted molar refractivity (Wildman–Crippen MR) is 66.9 cm³/mol. The van der Waals surface area contributed by atoms with Crippen molar-refractivity contribution in [2.45, 2.75) is 26.4 Å². The van der Waals surface area contributed by atoms with Gasteiger partial charge in [0.1, 0.15) is 5.82 Å². The Morgan fingerprint density at radius 3 is 2.76 bits per heavy atom. The molecule has 0 saturated heterocycles. The van der Waals surface area contributed by atoms with Crippen LogP contribution in [-0.2, 0) is 13.1 Å². The molecule has 0 unspecified atom stereocenters. The molecule has 0 aliphatic rings. The summed E-state index contributed by atoms with van der Waals surface area (Å²) in [5.41, 5.74) is 7.09. The molecule has 0 saturated carbocycles. The minimum Gasteiger partial charge on any atom is -0.396 e. The molecule has 0 radical (unpaired) electrons. The zero-order valence-corrected chi connectivity index (χ0v) is 10.3. The van der Waals surface area contributed by atoms with E-state index in [9.17, 15) is 4.39 Å². The molecular formula is C13H21FN2O. The zero-order valence-electron chi connectivity index (χ0n) is 10.3. The number of rotatable bonds is 7. The summed E-state index contributed by atoms with van der Waals surface area (Å²) >= 11 is 0. The van der Waals surface area contributed by atoms with Crippen LogP contribution in [0.5, 0.6) is 0 Å². The van der Waals surface area contributed by atoms with Crippen molar-refractivity contribution < 1.29 is 9.50 Å². The number of nitrogens with zero attached hydrogens (tertiary/aromatic N) is 1. The van der Waals surface area contributed by atoms with E-state index in [1.807, 2.05) is 6.07 Å². The summed E-state index contributed by atoms with van der Waals surface area (Å²) in [7, 11) is 0. The lowest BCUT2D eigenvalue weighted by atomic mass is 10.1. The van der Waals surface area contributed by atoms with Crippen LogP contribution in [0.1, 0.15) is 24.5 Å². The molecule has 1 aromatic rings. The van der Waals surface area contributed by atoms with E-state index in [0.717, 1.165) is 31.6 Å². The van der Waals surface area contributed by atoms with Gasteiger partial charge in [0.25, 0.3) is 0 Å². The number of halogens is 1. The van der Waals surface area contributed by atoms with E-state index in [1.165, 1.54) is 6.07 Å². The van der Waals surface area contributed by atoms with Gasteiger partial charge in [0.15, 0.2) is 0 Å². The second-order valence-corrected chi connectivity index (χ2v) is 4.08. The molecule has 0 heterocycles. The van der Waals surface area contributed by atoms with Gasteiger partial charge < -0.3 is 10.8 Å². The van der Waals surface area contributed by atoms with Crippen molar-refractivity contribution in [2.75, 3.05) is 19.7 Å². The lowest BCUT2D eigenvalue weighted by Crippen LogP contribution is -2.24.